The van der Waals surface area contributed by atoms with E-state index in [1.165, 1.54) is 15.6 Å². The third-order valence-corrected chi connectivity index (χ3v) is 4.34. The predicted octanol–water partition coefficient (Wildman–Crippen LogP) is 4.57. The van der Waals surface area contributed by atoms with Gasteiger partial charge in [0, 0.05) is 4.88 Å². The molecule has 0 aliphatic heterocycles. The molecule has 19 heavy (non-hydrogen) atoms. The molecule has 0 aliphatic rings. The van der Waals surface area contributed by atoms with Gasteiger partial charge in [0.1, 0.15) is 0 Å². The highest BCUT2D eigenvalue weighted by atomic mass is 32.1. The SMILES string of the molecule is O[C@@H](CCc1cccs1)c1ccc2ccccc2c1. The Labute approximate surface area is 117 Å². The van der Waals surface area contributed by atoms with Crippen LogP contribution in [0.3, 0.4) is 0 Å². The summed E-state index contributed by atoms with van der Waals surface area (Å²) in [6.07, 6.45) is 1.33. The topological polar surface area (TPSA) is 20.2 Å². The molecule has 2 heteroatoms. The fourth-order valence-electron chi connectivity index (χ4n) is 2.32. The van der Waals surface area contributed by atoms with Crippen LogP contribution in [-0.4, -0.2) is 5.11 Å². The molecule has 0 saturated heterocycles. The number of fused-ring (bicyclic) bond motifs is 1. The molecular formula is C17H16OS. The van der Waals surface area contributed by atoms with Crippen molar-refractivity contribution in [2.75, 3.05) is 0 Å². The minimum atomic E-state index is -0.383. The molecule has 0 radical (unpaired) electrons. The van der Waals surface area contributed by atoms with Crippen LogP contribution in [0.4, 0.5) is 0 Å². The third kappa shape index (κ3) is 2.86. The summed E-state index contributed by atoms with van der Waals surface area (Å²) in [7, 11) is 0. The number of hydrogen-bond acceptors (Lipinski definition) is 2. The summed E-state index contributed by atoms with van der Waals surface area (Å²) >= 11 is 1.75. The van der Waals surface area contributed by atoms with Crippen LogP contribution < -0.4 is 0 Å². The molecule has 96 valence electrons. The number of thiophene rings is 1. The van der Waals surface area contributed by atoms with E-state index < -0.39 is 0 Å². The molecule has 0 aliphatic carbocycles. The third-order valence-electron chi connectivity index (χ3n) is 3.40. The van der Waals surface area contributed by atoms with Crippen LogP contribution in [0.5, 0.6) is 0 Å². The van der Waals surface area contributed by atoms with E-state index >= 15 is 0 Å². The van der Waals surface area contributed by atoms with Crippen molar-refractivity contribution in [3.63, 3.8) is 0 Å². The fourth-order valence-corrected chi connectivity index (χ4v) is 3.04. The Morgan fingerprint density at radius 2 is 1.79 bits per heavy atom. The molecule has 0 bridgehead atoms. The van der Waals surface area contributed by atoms with Gasteiger partial charge in [-0.3, -0.25) is 0 Å². The molecule has 2 aromatic carbocycles. The molecule has 1 atom stereocenters. The van der Waals surface area contributed by atoms with E-state index in [1.54, 1.807) is 11.3 Å². The summed E-state index contributed by atoms with van der Waals surface area (Å²) in [6.45, 7) is 0. The van der Waals surface area contributed by atoms with Crippen molar-refractivity contribution >= 4 is 22.1 Å². The maximum Gasteiger partial charge on any atom is 0.0793 e. The van der Waals surface area contributed by atoms with Gasteiger partial charge in [0.15, 0.2) is 0 Å². The Hall–Kier alpha value is -1.64. The average molecular weight is 268 g/mol. The maximum absolute atomic E-state index is 10.3. The molecule has 0 fully saturated rings. The van der Waals surface area contributed by atoms with E-state index in [0.717, 1.165) is 18.4 Å². The van der Waals surface area contributed by atoms with E-state index in [-0.39, 0.29) is 6.10 Å². The van der Waals surface area contributed by atoms with Crippen LogP contribution in [0.15, 0.2) is 60.0 Å². The number of benzene rings is 2. The first kappa shape index (κ1) is 12.4. The molecule has 3 aromatic rings. The number of aliphatic hydroxyl groups is 1. The minimum absolute atomic E-state index is 0.383. The van der Waals surface area contributed by atoms with Crippen LogP contribution in [-0.2, 0) is 6.42 Å². The van der Waals surface area contributed by atoms with Gasteiger partial charge in [0.25, 0.3) is 0 Å². The van der Waals surface area contributed by atoms with E-state index in [1.807, 2.05) is 18.2 Å². The van der Waals surface area contributed by atoms with Crippen LogP contribution in [0.1, 0.15) is 23.0 Å². The first-order valence-electron chi connectivity index (χ1n) is 6.52. The lowest BCUT2D eigenvalue weighted by atomic mass is 10.0. The number of aryl methyl sites for hydroxylation is 1. The predicted molar refractivity (Wildman–Crippen MR) is 81.5 cm³/mol. The second kappa shape index (κ2) is 5.55. The fraction of sp³-hybridized carbons (Fsp3) is 0.176. The molecule has 1 N–H and O–H groups in total. The summed E-state index contributed by atoms with van der Waals surface area (Å²) in [5.74, 6) is 0. The van der Waals surface area contributed by atoms with Crippen molar-refractivity contribution in [1.29, 1.82) is 0 Å². The lowest BCUT2D eigenvalue weighted by Crippen LogP contribution is -1.98. The summed E-state index contributed by atoms with van der Waals surface area (Å²) in [5.41, 5.74) is 1.01. The molecule has 0 saturated carbocycles. The second-order valence-electron chi connectivity index (χ2n) is 4.74. The van der Waals surface area contributed by atoms with Crippen molar-refractivity contribution in [1.82, 2.24) is 0 Å². The van der Waals surface area contributed by atoms with E-state index in [4.69, 9.17) is 0 Å². The Kier molecular flexibility index (Phi) is 3.62. The van der Waals surface area contributed by atoms with Crippen molar-refractivity contribution in [3.8, 4) is 0 Å². The highest BCUT2D eigenvalue weighted by Gasteiger charge is 2.08. The van der Waals surface area contributed by atoms with Crippen molar-refractivity contribution < 1.29 is 5.11 Å². The highest BCUT2D eigenvalue weighted by molar-refractivity contribution is 7.09. The Bertz CT molecular complexity index is 658. The van der Waals surface area contributed by atoms with Gasteiger partial charge in [-0.25, -0.2) is 0 Å². The Balaban J connectivity index is 1.75. The maximum atomic E-state index is 10.3. The van der Waals surface area contributed by atoms with Gasteiger partial charge in [-0.05, 0) is 46.7 Å². The molecule has 1 heterocycles. The van der Waals surface area contributed by atoms with E-state index in [9.17, 15) is 5.11 Å². The lowest BCUT2D eigenvalue weighted by molar-refractivity contribution is 0.168. The van der Waals surface area contributed by atoms with E-state index in [2.05, 4.69) is 41.8 Å². The van der Waals surface area contributed by atoms with E-state index in [0.29, 0.717) is 0 Å². The molecular weight excluding hydrogens is 252 g/mol. The van der Waals surface area contributed by atoms with Gasteiger partial charge >= 0.3 is 0 Å². The van der Waals surface area contributed by atoms with Crippen LogP contribution in [0, 0.1) is 0 Å². The Morgan fingerprint density at radius 3 is 2.58 bits per heavy atom. The van der Waals surface area contributed by atoms with Crippen LogP contribution >= 0.6 is 11.3 Å². The van der Waals surface area contributed by atoms with Crippen LogP contribution in [0.25, 0.3) is 10.8 Å². The molecule has 3 rings (SSSR count). The normalized spacial score (nSPS) is 12.7. The monoisotopic (exact) mass is 268 g/mol. The molecule has 0 unspecified atom stereocenters. The standard InChI is InChI=1S/C17H16OS/c18-17(10-9-16-6-3-11-19-16)15-8-7-13-4-1-2-5-14(13)12-15/h1-8,11-12,17-18H,9-10H2/t17-/m0/s1. The van der Waals surface area contributed by atoms with Crippen molar-refractivity contribution in [2.45, 2.75) is 18.9 Å². The molecule has 0 spiro atoms. The van der Waals surface area contributed by atoms with Gasteiger partial charge < -0.3 is 5.11 Å². The average Bonchev–Trinajstić information content (AvgIpc) is 2.97. The minimum Gasteiger partial charge on any atom is -0.388 e. The smallest absolute Gasteiger partial charge is 0.0793 e. The largest absolute Gasteiger partial charge is 0.388 e. The first-order valence-corrected chi connectivity index (χ1v) is 7.40. The lowest BCUT2D eigenvalue weighted by Gasteiger charge is -2.11. The number of aliphatic hydroxyl groups excluding tert-OH is 1. The molecule has 1 nitrogen and oxygen atoms in total. The van der Waals surface area contributed by atoms with Gasteiger partial charge in [0.05, 0.1) is 6.10 Å². The summed E-state index contributed by atoms with van der Waals surface area (Å²) < 4.78 is 0. The Morgan fingerprint density at radius 1 is 0.947 bits per heavy atom. The number of rotatable bonds is 4. The zero-order valence-corrected chi connectivity index (χ0v) is 11.4. The summed E-state index contributed by atoms with van der Waals surface area (Å²) in [5, 5.41) is 14.8. The molecule has 0 amide bonds. The van der Waals surface area contributed by atoms with Gasteiger partial charge in [0.2, 0.25) is 0 Å². The van der Waals surface area contributed by atoms with Gasteiger partial charge in [-0.15, -0.1) is 11.3 Å². The van der Waals surface area contributed by atoms with Gasteiger partial charge in [-0.1, -0.05) is 42.5 Å². The summed E-state index contributed by atoms with van der Waals surface area (Å²) in [4.78, 5) is 1.33. The quantitative estimate of drug-likeness (QED) is 0.735. The summed E-state index contributed by atoms with van der Waals surface area (Å²) in [6, 6.07) is 18.6. The van der Waals surface area contributed by atoms with Gasteiger partial charge in [-0.2, -0.15) is 0 Å². The zero-order chi connectivity index (χ0) is 13.1. The first-order chi connectivity index (χ1) is 9.33. The molecule has 1 aromatic heterocycles. The zero-order valence-electron chi connectivity index (χ0n) is 10.6. The number of hydrogen-bond donors (Lipinski definition) is 1. The van der Waals surface area contributed by atoms with Crippen LogP contribution in [0.2, 0.25) is 0 Å². The van der Waals surface area contributed by atoms with Crippen molar-refractivity contribution in [3.05, 3.63) is 70.4 Å². The highest BCUT2D eigenvalue weighted by Crippen LogP contribution is 2.24. The van der Waals surface area contributed by atoms with Crippen molar-refractivity contribution in [2.24, 2.45) is 0 Å². The second-order valence-corrected chi connectivity index (χ2v) is 5.77.